The normalized spacial score (nSPS) is 47.4. The molecule has 0 aromatic heterocycles. The largest absolute Gasteiger partial charge is 0.389 e. The molecule has 0 amide bonds. The van der Waals surface area contributed by atoms with Gasteiger partial charge in [0.15, 0.2) is 0 Å². The van der Waals surface area contributed by atoms with E-state index in [2.05, 4.69) is 20.8 Å². The second-order valence-corrected chi connectivity index (χ2v) is 6.93. The van der Waals surface area contributed by atoms with Crippen LogP contribution in [0.5, 0.6) is 0 Å². The average molecular weight is 225 g/mol. The van der Waals surface area contributed by atoms with Crippen LogP contribution in [0.3, 0.4) is 0 Å². The molecule has 0 aromatic rings. The summed E-state index contributed by atoms with van der Waals surface area (Å²) in [6, 6.07) is 0. The van der Waals surface area contributed by atoms with Gasteiger partial charge in [0, 0.05) is 12.0 Å². The summed E-state index contributed by atoms with van der Waals surface area (Å²) >= 11 is 0. The molecule has 0 spiro atoms. The second-order valence-electron chi connectivity index (χ2n) is 6.93. The summed E-state index contributed by atoms with van der Waals surface area (Å²) in [7, 11) is 0. The minimum Gasteiger partial charge on any atom is -0.389 e. The zero-order valence-electron chi connectivity index (χ0n) is 11.1. The fourth-order valence-electron chi connectivity index (χ4n) is 4.44. The van der Waals surface area contributed by atoms with E-state index in [0.29, 0.717) is 6.54 Å². The molecule has 0 radical (unpaired) electrons. The van der Waals surface area contributed by atoms with Gasteiger partial charge in [-0.1, -0.05) is 27.2 Å². The molecule has 16 heavy (non-hydrogen) atoms. The molecule has 2 nitrogen and oxygen atoms in total. The van der Waals surface area contributed by atoms with E-state index in [1.54, 1.807) is 0 Å². The van der Waals surface area contributed by atoms with E-state index in [4.69, 9.17) is 5.73 Å². The maximum absolute atomic E-state index is 11.2. The number of hydrogen-bond acceptors (Lipinski definition) is 2. The standard InChI is InChI=1S/C14H27NO/c1-11-5-8-13(9-11,10-15)14(16)7-4-6-12(14,2)3/h11,16H,4-10,15H2,1-3H3. The number of nitrogens with two attached hydrogens (primary N) is 1. The monoisotopic (exact) mass is 225 g/mol. The highest BCUT2D eigenvalue weighted by Gasteiger charge is 2.61. The molecule has 94 valence electrons. The van der Waals surface area contributed by atoms with E-state index in [1.807, 2.05) is 0 Å². The fourth-order valence-corrected chi connectivity index (χ4v) is 4.44. The van der Waals surface area contributed by atoms with Gasteiger partial charge in [0.25, 0.3) is 0 Å². The van der Waals surface area contributed by atoms with Crippen LogP contribution in [-0.2, 0) is 0 Å². The molecular weight excluding hydrogens is 198 g/mol. The Balaban J connectivity index is 2.34. The maximum atomic E-state index is 11.2. The van der Waals surface area contributed by atoms with Crippen LogP contribution in [0, 0.1) is 16.7 Å². The third-order valence-corrected chi connectivity index (χ3v) is 5.58. The predicted octanol–water partition coefficient (Wildman–Crippen LogP) is 2.69. The average Bonchev–Trinajstić information content (AvgIpc) is 2.71. The van der Waals surface area contributed by atoms with Crippen molar-refractivity contribution >= 4 is 0 Å². The van der Waals surface area contributed by atoms with Crippen LogP contribution in [0.1, 0.15) is 59.3 Å². The van der Waals surface area contributed by atoms with Gasteiger partial charge in [0.1, 0.15) is 0 Å². The first-order valence-electron chi connectivity index (χ1n) is 6.79. The lowest BCUT2D eigenvalue weighted by Gasteiger charge is -2.50. The zero-order valence-corrected chi connectivity index (χ0v) is 11.1. The smallest absolute Gasteiger partial charge is 0.0766 e. The molecule has 0 bridgehead atoms. The lowest BCUT2D eigenvalue weighted by atomic mass is 9.60. The molecule has 2 heteroatoms. The molecule has 0 aliphatic heterocycles. The third kappa shape index (κ3) is 1.46. The Bertz CT molecular complexity index is 276. The summed E-state index contributed by atoms with van der Waals surface area (Å²) in [6.07, 6.45) is 6.70. The highest BCUT2D eigenvalue weighted by molar-refractivity contribution is 5.12. The Kier molecular flexibility index (Phi) is 2.87. The van der Waals surface area contributed by atoms with Crippen LogP contribution in [0.4, 0.5) is 0 Å². The van der Waals surface area contributed by atoms with Gasteiger partial charge in [0.2, 0.25) is 0 Å². The highest BCUT2D eigenvalue weighted by atomic mass is 16.3. The van der Waals surface area contributed by atoms with E-state index in [1.165, 1.54) is 6.42 Å². The first-order valence-corrected chi connectivity index (χ1v) is 6.79. The van der Waals surface area contributed by atoms with Crippen molar-refractivity contribution in [2.75, 3.05) is 6.54 Å². The minimum absolute atomic E-state index is 0.00752. The fraction of sp³-hybridized carbons (Fsp3) is 1.00. The summed E-state index contributed by atoms with van der Waals surface area (Å²) < 4.78 is 0. The van der Waals surface area contributed by atoms with Crippen molar-refractivity contribution in [2.24, 2.45) is 22.5 Å². The summed E-state index contributed by atoms with van der Waals surface area (Å²) in [5.74, 6) is 0.726. The number of rotatable bonds is 2. The van der Waals surface area contributed by atoms with Gasteiger partial charge in [-0.15, -0.1) is 0 Å². The van der Waals surface area contributed by atoms with Crippen molar-refractivity contribution in [2.45, 2.75) is 64.9 Å². The first kappa shape index (κ1) is 12.4. The van der Waals surface area contributed by atoms with Crippen molar-refractivity contribution in [3.63, 3.8) is 0 Å². The summed E-state index contributed by atoms with van der Waals surface area (Å²) in [6.45, 7) is 7.39. The molecule has 3 N–H and O–H groups in total. The van der Waals surface area contributed by atoms with Crippen LogP contribution in [0.15, 0.2) is 0 Å². The molecule has 0 heterocycles. The zero-order chi connectivity index (χ0) is 12.0. The summed E-state index contributed by atoms with van der Waals surface area (Å²) in [5, 5.41) is 11.2. The second kappa shape index (κ2) is 3.71. The number of aliphatic hydroxyl groups is 1. The minimum atomic E-state index is -0.528. The summed E-state index contributed by atoms with van der Waals surface area (Å²) in [5.41, 5.74) is 5.56. The van der Waals surface area contributed by atoms with Crippen LogP contribution >= 0.6 is 0 Å². The molecule has 2 aliphatic carbocycles. The third-order valence-electron chi connectivity index (χ3n) is 5.58. The molecule has 3 atom stereocenters. The molecule has 0 aromatic carbocycles. The molecule has 2 rings (SSSR count). The molecule has 2 saturated carbocycles. The SMILES string of the molecule is CC1CCC(CN)(C2(O)CCCC2(C)C)C1. The van der Waals surface area contributed by atoms with Crippen molar-refractivity contribution < 1.29 is 5.11 Å². The van der Waals surface area contributed by atoms with E-state index in [-0.39, 0.29) is 10.8 Å². The Morgan fingerprint density at radius 2 is 1.94 bits per heavy atom. The molecular formula is C14H27NO. The molecule has 2 fully saturated rings. The molecule has 3 unspecified atom stereocenters. The van der Waals surface area contributed by atoms with Crippen LogP contribution in [0.2, 0.25) is 0 Å². The quantitative estimate of drug-likeness (QED) is 0.759. The van der Waals surface area contributed by atoms with Gasteiger partial charge in [0.05, 0.1) is 5.60 Å². The van der Waals surface area contributed by atoms with Gasteiger partial charge in [-0.25, -0.2) is 0 Å². The molecule has 2 aliphatic rings. The van der Waals surface area contributed by atoms with E-state index < -0.39 is 5.60 Å². The van der Waals surface area contributed by atoms with Gasteiger partial charge in [-0.2, -0.15) is 0 Å². The van der Waals surface area contributed by atoms with Crippen LogP contribution in [0.25, 0.3) is 0 Å². The predicted molar refractivity (Wildman–Crippen MR) is 67.1 cm³/mol. The van der Waals surface area contributed by atoms with Crippen molar-refractivity contribution in [1.82, 2.24) is 0 Å². The van der Waals surface area contributed by atoms with Crippen LogP contribution < -0.4 is 5.73 Å². The Morgan fingerprint density at radius 3 is 2.31 bits per heavy atom. The van der Waals surface area contributed by atoms with Crippen molar-refractivity contribution in [3.05, 3.63) is 0 Å². The van der Waals surface area contributed by atoms with Crippen molar-refractivity contribution in [1.29, 1.82) is 0 Å². The van der Waals surface area contributed by atoms with Gasteiger partial charge in [-0.05, 0) is 43.4 Å². The number of hydrogen-bond donors (Lipinski definition) is 2. The van der Waals surface area contributed by atoms with Gasteiger partial charge >= 0.3 is 0 Å². The van der Waals surface area contributed by atoms with Gasteiger partial charge < -0.3 is 10.8 Å². The topological polar surface area (TPSA) is 46.2 Å². The van der Waals surface area contributed by atoms with E-state index >= 15 is 0 Å². The van der Waals surface area contributed by atoms with E-state index in [0.717, 1.165) is 38.0 Å². The summed E-state index contributed by atoms with van der Waals surface area (Å²) in [4.78, 5) is 0. The van der Waals surface area contributed by atoms with Crippen LogP contribution in [-0.4, -0.2) is 17.3 Å². The Labute approximate surface area is 99.6 Å². The highest BCUT2D eigenvalue weighted by Crippen LogP contribution is 2.60. The maximum Gasteiger partial charge on any atom is 0.0766 e. The lowest BCUT2D eigenvalue weighted by molar-refractivity contribution is -0.141. The Morgan fingerprint density at radius 1 is 1.25 bits per heavy atom. The lowest BCUT2D eigenvalue weighted by Crippen LogP contribution is -2.57. The van der Waals surface area contributed by atoms with E-state index in [9.17, 15) is 5.11 Å². The van der Waals surface area contributed by atoms with Gasteiger partial charge in [-0.3, -0.25) is 0 Å². The first-order chi connectivity index (χ1) is 7.37. The van der Waals surface area contributed by atoms with Crippen molar-refractivity contribution in [3.8, 4) is 0 Å². The Hall–Kier alpha value is -0.0800. The molecule has 0 saturated heterocycles.